The predicted molar refractivity (Wildman–Crippen MR) is 139 cm³/mol. The third-order valence-corrected chi connectivity index (χ3v) is 13.2. The minimum Gasteiger partial charge on any atom is -0.481 e. The van der Waals surface area contributed by atoms with Crippen LogP contribution >= 0.6 is 0 Å². The Hall–Kier alpha value is -1.48. The predicted octanol–water partition coefficient (Wildman–Crippen LogP) is 3.21. The molecule has 5 rings (SSSR count). The van der Waals surface area contributed by atoms with E-state index in [1.807, 2.05) is 6.92 Å². The Morgan fingerprint density at radius 2 is 1.55 bits per heavy atom. The summed E-state index contributed by atoms with van der Waals surface area (Å²) in [6, 6.07) is 0. The van der Waals surface area contributed by atoms with Crippen LogP contribution in [-0.2, 0) is 9.59 Å². The molecule has 0 spiro atoms. The van der Waals surface area contributed by atoms with Crippen molar-refractivity contribution in [3.05, 3.63) is 11.6 Å². The lowest BCUT2D eigenvalue weighted by Crippen LogP contribution is -2.71. The highest BCUT2D eigenvalue weighted by atomic mass is 16.4. The van der Waals surface area contributed by atoms with Crippen LogP contribution in [0.3, 0.4) is 0 Å². The molecule has 0 saturated heterocycles. The van der Waals surface area contributed by atoms with E-state index in [2.05, 4.69) is 33.8 Å². The average molecular weight is 535 g/mol. The van der Waals surface area contributed by atoms with Crippen molar-refractivity contribution >= 4 is 11.9 Å². The minimum atomic E-state index is -1.85. The van der Waals surface area contributed by atoms with Crippen LogP contribution < -0.4 is 0 Å². The molecule has 0 aromatic rings. The normalized spacial score (nSPS) is 53.4. The van der Waals surface area contributed by atoms with E-state index in [0.717, 1.165) is 12.0 Å². The van der Waals surface area contributed by atoms with Gasteiger partial charge in [0.1, 0.15) is 10.8 Å². The van der Waals surface area contributed by atoms with E-state index in [1.165, 1.54) is 0 Å². The highest BCUT2D eigenvalue weighted by Crippen LogP contribution is 2.75. The molecular weight excluding hydrogens is 488 g/mol. The van der Waals surface area contributed by atoms with Crippen LogP contribution in [0.4, 0.5) is 0 Å². The molecule has 6 N–H and O–H groups in total. The minimum absolute atomic E-state index is 0.0460. The summed E-state index contributed by atoms with van der Waals surface area (Å²) in [5, 5.41) is 64.8. The molecule has 5 aliphatic rings. The fourth-order valence-corrected chi connectivity index (χ4v) is 10.9. The molecule has 0 aliphatic heterocycles. The Kier molecular flexibility index (Phi) is 6.11. The Morgan fingerprint density at radius 3 is 2.13 bits per heavy atom. The van der Waals surface area contributed by atoms with Crippen molar-refractivity contribution in [3.8, 4) is 0 Å². The van der Waals surface area contributed by atoms with Crippen molar-refractivity contribution in [1.82, 2.24) is 0 Å². The fraction of sp³-hybridized carbons (Fsp3) is 0.867. The van der Waals surface area contributed by atoms with E-state index in [-0.39, 0.29) is 23.7 Å². The van der Waals surface area contributed by atoms with Crippen molar-refractivity contribution in [2.24, 2.45) is 50.2 Å². The van der Waals surface area contributed by atoms with Gasteiger partial charge >= 0.3 is 11.9 Å². The van der Waals surface area contributed by atoms with Crippen LogP contribution in [-0.4, -0.2) is 67.5 Å². The largest absolute Gasteiger partial charge is 0.481 e. The van der Waals surface area contributed by atoms with Gasteiger partial charge in [0.15, 0.2) is 0 Å². The maximum absolute atomic E-state index is 12.8. The van der Waals surface area contributed by atoms with Crippen molar-refractivity contribution < 1.29 is 40.2 Å². The van der Waals surface area contributed by atoms with Crippen molar-refractivity contribution in [2.75, 3.05) is 6.61 Å². The van der Waals surface area contributed by atoms with Gasteiger partial charge in [0, 0.05) is 0 Å². The lowest BCUT2D eigenvalue weighted by atomic mass is 9.33. The van der Waals surface area contributed by atoms with Gasteiger partial charge in [-0.05, 0) is 90.8 Å². The van der Waals surface area contributed by atoms with Gasteiger partial charge in [-0.25, -0.2) is 0 Å². The van der Waals surface area contributed by atoms with E-state index >= 15 is 0 Å². The summed E-state index contributed by atoms with van der Waals surface area (Å²) in [6.45, 7) is 9.97. The van der Waals surface area contributed by atoms with E-state index in [0.29, 0.717) is 38.5 Å². The molecule has 8 nitrogen and oxygen atoms in total. The van der Waals surface area contributed by atoms with Crippen LogP contribution in [0.1, 0.15) is 86.0 Å². The standard InChI is InChI=1S/C30H46O8/c1-25(2)10-11-29(23(35)36)17(12-25)16-6-7-19-26(3)13-18(32)22(34)30(15-31,24(37)38)20(26)8-9-27(19,4)28(16,5)14-21(29)33/h6,17-22,31-34H,7-15H2,1-5H3,(H,35,36)(H,37,38)/t17-,18-,19-,20-,21+,22-,26+,27+,28+,29+,30+/m0/s1. The number of aliphatic hydroxyl groups excluding tert-OH is 4. The number of hydrogen-bond donors (Lipinski definition) is 6. The molecule has 4 saturated carbocycles. The van der Waals surface area contributed by atoms with Gasteiger partial charge in [0.25, 0.3) is 0 Å². The lowest BCUT2D eigenvalue weighted by Gasteiger charge is -2.71. The molecule has 0 bridgehead atoms. The maximum Gasteiger partial charge on any atom is 0.315 e. The second-order valence-corrected chi connectivity index (χ2v) is 15.0. The Bertz CT molecular complexity index is 1070. The van der Waals surface area contributed by atoms with Gasteiger partial charge < -0.3 is 30.6 Å². The Morgan fingerprint density at radius 1 is 0.895 bits per heavy atom. The lowest BCUT2D eigenvalue weighted by molar-refractivity contribution is -0.254. The Balaban J connectivity index is 1.65. The van der Waals surface area contributed by atoms with Gasteiger partial charge in [-0.2, -0.15) is 0 Å². The van der Waals surface area contributed by atoms with E-state index in [4.69, 9.17) is 0 Å². The first kappa shape index (κ1) is 28.1. The fourth-order valence-electron chi connectivity index (χ4n) is 10.9. The molecule has 11 atom stereocenters. The van der Waals surface area contributed by atoms with Crippen LogP contribution in [0.5, 0.6) is 0 Å². The summed E-state index contributed by atoms with van der Waals surface area (Å²) >= 11 is 0. The van der Waals surface area contributed by atoms with Crippen molar-refractivity contribution in [1.29, 1.82) is 0 Å². The summed E-state index contributed by atoms with van der Waals surface area (Å²) < 4.78 is 0. The molecule has 0 aromatic heterocycles. The number of rotatable bonds is 3. The summed E-state index contributed by atoms with van der Waals surface area (Å²) in [6.07, 6.45) is 2.48. The molecule has 4 fully saturated rings. The topological polar surface area (TPSA) is 156 Å². The number of allylic oxidation sites excluding steroid dienone is 2. The van der Waals surface area contributed by atoms with Gasteiger partial charge in [-0.3, -0.25) is 9.59 Å². The average Bonchev–Trinajstić information content (AvgIpc) is 2.80. The molecule has 5 aliphatic carbocycles. The number of aliphatic hydroxyl groups is 4. The third kappa shape index (κ3) is 3.12. The second-order valence-electron chi connectivity index (χ2n) is 15.0. The quantitative estimate of drug-likeness (QED) is 0.302. The number of carboxylic acids is 2. The number of carboxylic acid groups (broad SMARTS) is 2. The number of fused-ring (bicyclic) bond motifs is 7. The van der Waals surface area contributed by atoms with E-state index in [9.17, 15) is 40.2 Å². The van der Waals surface area contributed by atoms with E-state index < -0.39 is 69.9 Å². The smallest absolute Gasteiger partial charge is 0.315 e. The van der Waals surface area contributed by atoms with Gasteiger partial charge in [0.05, 0.1) is 24.9 Å². The zero-order valence-electron chi connectivity index (χ0n) is 23.4. The number of carbonyl (C=O) groups is 2. The van der Waals surface area contributed by atoms with Crippen LogP contribution in [0.25, 0.3) is 0 Å². The molecular formula is C30H46O8. The number of aliphatic carboxylic acids is 2. The SMILES string of the molecule is CC1(C)CC[C@]2(C(=O)O)[C@H](O)C[C@]3(C)C(=CC[C@H]4[C@@]5(C)C[C@H](O)[C@H](O)[C@](CO)(C(=O)O)[C@H]5CC[C@]43C)[C@@H]2C1. The summed E-state index contributed by atoms with van der Waals surface area (Å²) in [5.41, 5.74) is -3.56. The first-order valence-electron chi connectivity index (χ1n) is 14.3. The Labute approximate surface area is 225 Å². The van der Waals surface area contributed by atoms with Gasteiger partial charge in [0.2, 0.25) is 0 Å². The second kappa shape index (κ2) is 8.27. The molecule has 214 valence electrons. The summed E-state index contributed by atoms with van der Waals surface area (Å²) in [4.78, 5) is 25.4. The van der Waals surface area contributed by atoms with Gasteiger partial charge in [-0.1, -0.05) is 46.3 Å². The first-order chi connectivity index (χ1) is 17.5. The van der Waals surface area contributed by atoms with Gasteiger partial charge in [-0.15, -0.1) is 0 Å². The molecule has 0 amide bonds. The van der Waals surface area contributed by atoms with Crippen molar-refractivity contribution in [2.45, 2.75) is 104 Å². The molecule has 8 heteroatoms. The molecule has 38 heavy (non-hydrogen) atoms. The molecule has 0 radical (unpaired) electrons. The first-order valence-corrected chi connectivity index (χ1v) is 14.3. The maximum atomic E-state index is 12.8. The molecule has 0 heterocycles. The monoisotopic (exact) mass is 534 g/mol. The van der Waals surface area contributed by atoms with E-state index in [1.54, 1.807) is 0 Å². The molecule has 0 aromatic carbocycles. The zero-order valence-corrected chi connectivity index (χ0v) is 23.4. The summed E-state index contributed by atoms with van der Waals surface area (Å²) in [7, 11) is 0. The van der Waals surface area contributed by atoms with Crippen LogP contribution in [0.15, 0.2) is 11.6 Å². The van der Waals surface area contributed by atoms with Crippen molar-refractivity contribution in [3.63, 3.8) is 0 Å². The third-order valence-electron chi connectivity index (χ3n) is 13.2. The zero-order chi connectivity index (χ0) is 28.3. The number of hydrogen-bond acceptors (Lipinski definition) is 6. The highest BCUT2D eigenvalue weighted by Gasteiger charge is 2.73. The van der Waals surface area contributed by atoms with Crippen LogP contribution in [0.2, 0.25) is 0 Å². The molecule has 0 unspecified atom stereocenters. The highest BCUT2D eigenvalue weighted by molar-refractivity contribution is 5.78. The summed E-state index contributed by atoms with van der Waals surface area (Å²) in [5.74, 6) is -3.10. The van der Waals surface area contributed by atoms with Crippen LogP contribution in [0, 0.1) is 50.2 Å².